The van der Waals surface area contributed by atoms with E-state index in [1.807, 2.05) is 0 Å². The molecule has 0 unspecified atom stereocenters. The molecule has 0 radical (unpaired) electrons. The zero-order chi connectivity index (χ0) is 10.7. The van der Waals surface area contributed by atoms with Gasteiger partial charge in [-0.1, -0.05) is 11.6 Å². The summed E-state index contributed by atoms with van der Waals surface area (Å²) in [4.78, 5) is 20.0. The van der Waals surface area contributed by atoms with E-state index in [-0.39, 0.29) is 16.3 Å². The summed E-state index contributed by atoms with van der Waals surface area (Å²) in [7, 11) is 1.67. The van der Waals surface area contributed by atoms with Crippen LogP contribution in [0.2, 0.25) is 10.4 Å². The third-order valence-corrected chi connectivity index (χ3v) is 2.24. The number of nitrogens with zero attached hydrogens (tertiary/aromatic N) is 3. The molecule has 0 aliphatic carbocycles. The van der Waals surface area contributed by atoms with Gasteiger partial charge >= 0.3 is 0 Å². The van der Waals surface area contributed by atoms with Crippen LogP contribution in [0.3, 0.4) is 0 Å². The smallest absolute Gasteiger partial charge is 0.223 e. The van der Waals surface area contributed by atoms with Gasteiger partial charge in [0.25, 0.3) is 0 Å². The van der Waals surface area contributed by atoms with Crippen LogP contribution < -0.4 is 0 Å². The Balaban J connectivity index is 2.82. The van der Waals surface area contributed by atoms with Crippen molar-refractivity contribution in [1.82, 2.24) is 14.9 Å². The molecule has 0 bridgehead atoms. The molecule has 0 N–H and O–H groups in total. The fraction of sp³-hybridized carbons (Fsp3) is 0.375. The van der Waals surface area contributed by atoms with Crippen molar-refractivity contribution in [3.63, 3.8) is 0 Å². The van der Waals surface area contributed by atoms with Gasteiger partial charge in [0.05, 0.1) is 0 Å². The first kappa shape index (κ1) is 11.2. The van der Waals surface area contributed by atoms with Crippen LogP contribution in [0, 0.1) is 0 Å². The van der Waals surface area contributed by atoms with Gasteiger partial charge in [-0.25, -0.2) is 9.97 Å². The summed E-state index contributed by atoms with van der Waals surface area (Å²) in [6, 6.07) is 0. The van der Waals surface area contributed by atoms with E-state index in [1.165, 1.54) is 18.0 Å². The molecule has 0 aromatic carbocycles. The van der Waals surface area contributed by atoms with Crippen LogP contribution in [0.5, 0.6) is 0 Å². The molecule has 76 valence electrons. The van der Waals surface area contributed by atoms with Crippen molar-refractivity contribution in [2.45, 2.75) is 13.5 Å². The van der Waals surface area contributed by atoms with Crippen LogP contribution in [0.15, 0.2) is 6.20 Å². The molecule has 0 aliphatic rings. The molecule has 0 atom stereocenters. The second-order valence-corrected chi connectivity index (χ2v) is 3.53. The lowest BCUT2D eigenvalue weighted by Gasteiger charge is -2.14. The number of carbonyl (C=O) groups is 1. The van der Waals surface area contributed by atoms with Crippen LogP contribution in [0.1, 0.15) is 12.5 Å². The Morgan fingerprint density at radius 2 is 2.21 bits per heavy atom. The lowest BCUT2D eigenvalue weighted by atomic mass is 10.3. The lowest BCUT2D eigenvalue weighted by Crippen LogP contribution is -2.23. The summed E-state index contributed by atoms with van der Waals surface area (Å²) in [5.41, 5.74) is 0.675. The minimum atomic E-state index is -0.0454. The molecule has 1 heterocycles. The number of hydrogen-bond donors (Lipinski definition) is 0. The Bertz CT molecular complexity index is 356. The van der Waals surface area contributed by atoms with Crippen molar-refractivity contribution < 1.29 is 4.79 Å². The number of aromatic nitrogens is 2. The van der Waals surface area contributed by atoms with Crippen LogP contribution in [0.4, 0.5) is 0 Å². The van der Waals surface area contributed by atoms with E-state index in [4.69, 9.17) is 23.2 Å². The minimum Gasteiger partial charge on any atom is -0.341 e. The molecule has 1 rings (SSSR count). The van der Waals surface area contributed by atoms with Gasteiger partial charge in [0.1, 0.15) is 5.15 Å². The third-order valence-electron chi connectivity index (χ3n) is 1.73. The molecule has 1 aromatic heterocycles. The van der Waals surface area contributed by atoms with Crippen LogP contribution in [0.25, 0.3) is 0 Å². The molecule has 0 saturated carbocycles. The fourth-order valence-corrected chi connectivity index (χ4v) is 1.20. The summed E-state index contributed by atoms with van der Waals surface area (Å²) < 4.78 is 0. The quantitative estimate of drug-likeness (QED) is 0.578. The van der Waals surface area contributed by atoms with E-state index in [1.54, 1.807) is 7.05 Å². The standard InChI is InChI=1S/C8H9Cl2N3O/c1-5(14)13(2)4-6-3-11-8(10)12-7(6)9/h3H,4H2,1-2H3. The van der Waals surface area contributed by atoms with E-state index in [2.05, 4.69) is 9.97 Å². The van der Waals surface area contributed by atoms with Crippen molar-refractivity contribution >= 4 is 29.1 Å². The topological polar surface area (TPSA) is 46.1 Å². The third kappa shape index (κ3) is 2.82. The normalized spacial score (nSPS) is 10.0. The Labute approximate surface area is 91.9 Å². The summed E-state index contributed by atoms with van der Waals surface area (Å²) in [5, 5.41) is 0.377. The zero-order valence-electron chi connectivity index (χ0n) is 7.79. The van der Waals surface area contributed by atoms with E-state index in [0.717, 1.165) is 0 Å². The van der Waals surface area contributed by atoms with Gasteiger partial charge in [0, 0.05) is 32.3 Å². The molecule has 0 saturated heterocycles. The van der Waals surface area contributed by atoms with Crippen molar-refractivity contribution in [3.05, 3.63) is 22.2 Å². The summed E-state index contributed by atoms with van der Waals surface area (Å²) in [6.45, 7) is 1.86. The van der Waals surface area contributed by atoms with E-state index >= 15 is 0 Å². The van der Waals surface area contributed by atoms with Gasteiger partial charge in [-0.05, 0) is 11.6 Å². The maximum absolute atomic E-state index is 10.9. The maximum Gasteiger partial charge on any atom is 0.223 e. The van der Waals surface area contributed by atoms with Gasteiger partial charge in [0.15, 0.2) is 0 Å². The van der Waals surface area contributed by atoms with Crippen molar-refractivity contribution in [1.29, 1.82) is 0 Å². The highest BCUT2D eigenvalue weighted by Gasteiger charge is 2.08. The number of halogens is 2. The van der Waals surface area contributed by atoms with Crippen LogP contribution in [-0.2, 0) is 11.3 Å². The predicted octanol–water partition coefficient (Wildman–Crippen LogP) is 1.76. The molecule has 0 spiro atoms. The number of carbonyl (C=O) groups excluding carboxylic acids is 1. The largest absolute Gasteiger partial charge is 0.341 e. The van der Waals surface area contributed by atoms with Gasteiger partial charge in [0.2, 0.25) is 11.2 Å². The average molecular weight is 234 g/mol. The first-order valence-corrected chi connectivity index (χ1v) is 4.65. The fourth-order valence-electron chi connectivity index (χ4n) is 0.839. The highest BCUT2D eigenvalue weighted by atomic mass is 35.5. The lowest BCUT2D eigenvalue weighted by molar-refractivity contribution is -0.128. The average Bonchev–Trinajstić information content (AvgIpc) is 2.09. The Hall–Kier alpha value is -0.870. The second kappa shape index (κ2) is 4.57. The molecular formula is C8H9Cl2N3O. The Morgan fingerprint density at radius 3 is 2.71 bits per heavy atom. The van der Waals surface area contributed by atoms with Gasteiger partial charge in [-0.3, -0.25) is 4.79 Å². The Kier molecular flexibility index (Phi) is 3.66. The molecule has 0 fully saturated rings. The van der Waals surface area contributed by atoms with Gasteiger partial charge < -0.3 is 4.90 Å². The van der Waals surface area contributed by atoms with Gasteiger partial charge in [-0.15, -0.1) is 0 Å². The second-order valence-electron chi connectivity index (χ2n) is 2.83. The van der Waals surface area contributed by atoms with E-state index in [9.17, 15) is 4.79 Å². The van der Waals surface area contributed by atoms with E-state index in [0.29, 0.717) is 12.1 Å². The molecule has 14 heavy (non-hydrogen) atoms. The van der Waals surface area contributed by atoms with Crippen molar-refractivity contribution in [2.75, 3.05) is 7.05 Å². The molecule has 6 heteroatoms. The first-order chi connectivity index (χ1) is 6.50. The molecule has 4 nitrogen and oxygen atoms in total. The molecule has 0 aliphatic heterocycles. The maximum atomic E-state index is 10.9. The molecule has 1 aromatic rings. The molecule has 1 amide bonds. The number of rotatable bonds is 2. The first-order valence-electron chi connectivity index (χ1n) is 3.89. The molecular weight excluding hydrogens is 225 g/mol. The number of hydrogen-bond acceptors (Lipinski definition) is 3. The van der Waals surface area contributed by atoms with Crippen LogP contribution >= 0.6 is 23.2 Å². The number of amides is 1. The summed E-state index contributed by atoms with van der Waals surface area (Å²) in [6.07, 6.45) is 1.51. The van der Waals surface area contributed by atoms with Gasteiger partial charge in [-0.2, -0.15) is 0 Å². The highest BCUT2D eigenvalue weighted by molar-refractivity contribution is 6.32. The van der Waals surface area contributed by atoms with Crippen molar-refractivity contribution in [3.8, 4) is 0 Å². The van der Waals surface area contributed by atoms with Crippen LogP contribution in [-0.4, -0.2) is 27.8 Å². The predicted molar refractivity (Wildman–Crippen MR) is 54.2 cm³/mol. The highest BCUT2D eigenvalue weighted by Crippen LogP contribution is 2.15. The SMILES string of the molecule is CC(=O)N(C)Cc1cnc(Cl)nc1Cl. The van der Waals surface area contributed by atoms with E-state index < -0.39 is 0 Å². The Morgan fingerprint density at radius 1 is 1.57 bits per heavy atom. The summed E-state index contributed by atoms with van der Waals surface area (Å²) in [5.74, 6) is -0.0454. The zero-order valence-corrected chi connectivity index (χ0v) is 9.30. The van der Waals surface area contributed by atoms with Crippen molar-refractivity contribution in [2.24, 2.45) is 0 Å². The summed E-state index contributed by atoms with van der Waals surface area (Å²) >= 11 is 11.3. The monoisotopic (exact) mass is 233 g/mol. The minimum absolute atomic E-state index is 0.0454.